The number of hydrogen-bond acceptors (Lipinski definition) is 5. The van der Waals surface area contributed by atoms with Gasteiger partial charge in [-0.15, -0.1) is 0 Å². The van der Waals surface area contributed by atoms with Crippen LogP contribution >= 0.6 is 0 Å². The number of carbonyl (C=O) groups is 3. The number of likely N-dealkylation sites (N-methyl/N-ethyl adjacent to an activating group) is 1. The summed E-state index contributed by atoms with van der Waals surface area (Å²) in [6.07, 6.45) is 5.18. The summed E-state index contributed by atoms with van der Waals surface area (Å²) in [6, 6.07) is 6.90. The molecule has 0 bridgehead atoms. The number of imide groups is 1. The van der Waals surface area contributed by atoms with E-state index in [-0.39, 0.29) is 0 Å². The Hall–Kier alpha value is -3.49. The molecule has 0 aliphatic carbocycles. The van der Waals surface area contributed by atoms with Crippen LogP contribution in [0.4, 0.5) is 10.7 Å². The predicted molar refractivity (Wildman–Crippen MR) is 112 cm³/mol. The first-order valence-corrected chi connectivity index (χ1v) is 10.3. The summed E-state index contributed by atoms with van der Waals surface area (Å²) in [5.41, 5.74) is 3.12. The second-order valence-electron chi connectivity index (χ2n) is 7.80. The molecule has 31 heavy (non-hydrogen) atoms. The van der Waals surface area contributed by atoms with Crippen LogP contribution in [0.25, 0.3) is 5.69 Å². The van der Waals surface area contributed by atoms with Gasteiger partial charge in [-0.1, -0.05) is 30.5 Å². The number of urea groups is 1. The molecule has 9 nitrogen and oxygen atoms in total. The number of esters is 1. The molecule has 0 N–H and O–H groups in total. The van der Waals surface area contributed by atoms with Crippen molar-refractivity contribution < 1.29 is 23.7 Å². The zero-order chi connectivity index (χ0) is 22.3. The highest BCUT2D eigenvalue weighted by molar-refractivity contribution is 6.19. The molecule has 1 atom stereocenters. The molecule has 162 valence electrons. The molecule has 1 aromatic carbocycles. The second kappa shape index (κ2) is 7.98. The van der Waals surface area contributed by atoms with E-state index in [9.17, 15) is 14.4 Å². The first kappa shape index (κ1) is 20.8. The monoisotopic (exact) mass is 424 g/mol. The lowest BCUT2D eigenvalue weighted by Crippen LogP contribution is -2.63. The zero-order valence-corrected chi connectivity index (χ0v) is 18.2. The van der Waals surface area contributed by atoms with E-state index >= 15 is 0 Å². The zero-order valence-electron chi connectivity index (χ0n) is 18.2. The summed E-state index contributed by atoms with van der Waals surface area (Å²) in [7, 11) is 2.77. The summed E-state index contributed by atoms with van der Waals surface area (Å²) in [4.78, 5) is 44.4. The van der Waals surface area contributed by atoms with E-state index in [1.807, 2.05) is 29.8 Å². The van der Waals surface area contributed by atoms with E-state index in [0.717, 1.165) is 35.5 Å². The highest BCUT2D eigenvalue weighted by atomic mass is 16.5. The van der Waals surface area contributed by atoms with Gasteiger partial charge in [0.15, 0.2) is 0 Å². The topological polar surface area (TPSA) is 88.1 Å². The third-order valence-electron chi connectivity index (χ3n) is 5.74. The lowest BCUT2D eigenvalue weighted by Gasteiger charge is -2.32. The van der Waals surface area contributed by atoms with Crippen LogP contribution in [0.1, 0.15) is 37.1 Å². The predicted octanol–water partition coefficient (Wildman–Crippen LogP) is 2.07. The number of carbonyl (C=O) groups excluding carboxylic acids is 3. The lowest BCUT2D eigenvalue weighted by molar-refractivity contribution is -0.676. The Morgan fingerprint density at radius 2 is 1.94 bits per heavy atom. The lowest BCUT2D eigenvalue weighted by atomic mass is 10.1. The van der Waals surface area contributed by atoms with Crippen LogP contribution in [-0.2, 0) is 20.7 Å². The number of benzene rings is 1. The van der Waals surface area contributed by atoms with Crippen LogP contribution in [0.3, 0.4) is 0 Å². The highest BCUT2D eigenvalue weighted by Crippen LogP contribution is 2.31. The molecule has 2 aliphatic heterocycles. The number of hydrogen-bond donors (Lipinski definition) is 0. The van der Waals surface area contributed by atoms with Crippen molar-refractivity contribution in [1.29, 1.82) is 0 Å². The normalized spacial score (nSPS) is 17.5. The third kappa shape index (κ3) is 3.39. The van der Waals surface area contributed by atoms with Crippen LogP contribution in [-0.4, -0.2) is 58.8 Å². The van der Waals surface area contributed by atoms with Gasteiger partial charge in [0.2, 0.25) is 11.9 Å². The van der Waals surface area contributed by atoms with Gasteiger partial charge in [-0.25, -0.2) is 14.3 Å². The van der Waals surface area contributed by atoms with Crippen LogP contribution < -0.4 is 4.57 Å². The molecule has 0 saturated carbocycles. The van der Waals surface area contributed by atoms with Crippen LogP contribution in [0.2, 0.25) is 0 Å². The molecule has 3 amide bonds. The number of imidazole rings is 1. The molecule has 2 aromatic rings. The van der Waals surface area contributed by atoms with Crippen molar-refractivity contribution in [3.8, 4) is 5.69 Å². The maximum absolute atomic E-state index is 13.1. The molecule has 4 rings (SSSR count). The van der Waals surface area contributed by atoms with Gasteiger partial charge in [0.25, 0.3) is 5.91 Å². The Labute approximate surface area is 180 Å². The summed E-state index contributed by atoms with van der Waals surface area (Å²) in [5, 5.41) is 0. The van der Waals surface area contributed by atoms with Crippen molar-refractivity contribution in [1.82, 2.24) is 14.4 Å². The maximum atomic E-state index is 13.1. The Morgan fingerprint density at radius 3 is 2.58 bits per heavy atom. The van der Waals surface area contributed by atoms with Gasteiger partial charge in [-0.2, -0.15) is 4.57 Å². The number of amidine groups is 1. The number of aromatic nitrogens is 2. The molecule has 3 heterocycles. The SMILES string of the molecule is CCCCc1ccc(-n2c(C)c[n+]3c2N=C2C3C(=O)N(CC(=O)OC)C(=O)N2C)cc1. The molecular weight excluding hydrogens is 398 g/mol. The van der Waals surface area contributed by atoms with E-state index in [0.29, 0.717) is 11.8 Å². The maximum Gasteiger partial charge on any atom is 0.406 e. The Bertz CT molecular complexity index is 1090. The van der Waals surface area contributed by atoms with Crippen LogP contribution in [0, 0.1) is 6.92 Å². The molecule has 0 radical (unpaired) electrons. The van der Waals surface area contributed by atoms with Gasteiger partial charge in [-0.05, 0) is 37.5 Å². The molecule has 9 heteroatoms. The van der Waals surface area contributed by atoms with Crippen LogP contribution in [0.5, 0.6) is 0 Å². The minimum Gasteiger partial charge on any atom is -0.468 e. The van der Waals surface area contributed by atoms with Gasteiger partial charge in [0.1, 0.15) is 24.1 Å². The van der Waals surface area contributed by atoms with E-state index < -0.39 is 30.5 Å². The number of aliphatic imine (C=N–C) groups is 1. The number of ether oxygens (including phenoxy) is 1. The van der Waals surface area contributed by atoms with Crippen molar-refractivity contribution in [3.63, 3.8) is 0 Å². The van der Waals surface area contributed by atoms with E-state index in [1.54, 1.807) is 11.6 Å². The van der Waals surface area contributed by atoms with E-state index in [1.165, 1.54) is 17.6 Å². The van der Waals surface area contributed by atoms with Crippen molar-refractivity contribution >= 4 is 29.7 Å². The number of nitrogens with zero attached hydrogens (tertiary/aromatic N) is 5. The molecule has 2 aliphatic rings. The smallest absolute Gasteiger partial charge is 0.406 e. The fourth-order valence-electron chi connectivity index (χ4n) is 4.04. The van der Waals surface area contributed by atoms with Crippen molar-refractivity contribution in [2.45, 2.75) is 39.2 Å². The Morgan fingerprint density at radius 1 is 1.23 bits per heavy atom. The molecule has 1 unspecified atom stereocenters. The Balaban J connectivity index is 1.71. The fraction of sp³-hybridized carbons (Fsp3) is 0.409. The standard InChI is InChI=1S/C22H26N5O4/c1-5-6-7-15-8-10-16(11-9-15)27-14(2)12-25-18-19(23-21(25)27)24(3)22(30)26(20(18)29)13-17(28)31-4/h8-12,18H,5-7,13H2,1-4H3/q+1. The van der Waals surface area contributed by atoms with Gasteiger partial charge < -0.3 is 4.74 Å². The van der Waals surface area contributed by atoms with E-state index in [2.05, 4.69) is 28.8 Å². The average Bonchev–Trinajstić information content (AvgIpc) is 3.28. The van der Waals surface area contributed by atoms with Crippen LogP contribution in [0.15, 0.2) is 35.5 Å². The first-order chi connectivity index (χ1) is 14.9. The quantitative estimate of drug-likeness (QED) is 0.525. The number of methoxy groups -OCH3 is 1. The van der Waals surface area contributed by atoms with Gasteiger partial charge >= 0.3 is 17.9 Å². The van der Waals surface area contributed by atoms with Crippen molar-refractivity contribution in [2.24, 2.45) is 4.99 Å². The van der Waals surface area contributed by atoms with Gasteiger partial charge in [-0.3, -0.25) is 14.5 Å². The van der Waals surface area contributed by atoms with Crippen molar-refractivity contribution in [3.05, 3.63) is 41.7 Å². The molecule has 1 saturated heterocycles. The summed E-state index contributed by atoms with van der Waals surface area (Å²) in [5.74, 6) is -0.246. The highest BCUT2D eigenvalue weighted by Gasteiger charge is 2.53. The summed E-state index contributed by atoms with van der Waals surface area (Å²) in [6.45, 7) is 3.68. The number of aryl methyl sites for hydroxylation is 2. The average molecular weight is 424 g/mol. The summed E-state index contributed by atoms with van der Waals surface area (Å²) >= 11 is 0. The molecule has 1 aromatic heterocycles. The minimum absolute atomic E-state index is 0.347. The van der Waals surface area contributed by atoms with Gasteiger partial charge in [0.05, 0.1) is 7.11 Å². The first-order valence-electron chi connectivity index (χ1n) is 10.3. The van der Waals surface area contributed by atoms with E-state index in [4.69, 9.17) is 0 Å². The number of unbranched alkanes of at least 4 members (excludes halogenated alkanes) is 1. The molecular formula is C22H26N5O4+. The Kier molecular flexibility index (Phi) is 5.34. The minimum atomic E-state index is -0.800. The number of amides is 3. The third-order valence-corrected chi connectivity index (χ3v) is 5.74. The largest absolute Gasteiger partial charge is 0.468 e. The molecule has 1 fully saturated rings. The van der Waals surface area contributed by atoms with Gasteiger partial charge in [0, 0.05) is 7.05 Å². The summed E-state index contributed by atoms with van der Waals surface area (Å²) < 4.78 is 8.35. The number of fused-ring (bicyclic) bond motifs is 3. The number of rotatable bonds is 6. The molecule has 0 spiro atoms. The second-order valence-corrected chi connectivity index (χ2v) is 7.80. The fourth-order valence-corrected chi connectivity index (χ4v) is 4.04. The van der Waals surface area contributed by atoms with Crippen molar-refractivity contribution in [2.75, 3.05) is 20.7 Å².